The number of nitrogens with zero attached hydrogens (tertiary/aromatic N) is 2. The third-order valence-electron chi connectivity index (χ3n) is 4.25. The predicted molar refractivity (Wildman–Crippen MR) is 105 cm³/mol. The number of thiazole rings is 1. The maximum absolute atomic E-state index is 13.5. The number of hydrogen-bond donors (Lipinski definition) is 1. The fraction of sp³-hybridized carbons (Fsp3) is 0.300. The van der Waals surface area contributed by atoms with Crippen LogP contribution in [0.2, 0.25) is 0 Å². The van der Waals surface area contributed by atoms with Crippen LogP contribution in [0, 0.1) is 12.7 Å². The van der Waals surface area contributed by atoms with Gasteiger partial charge in [0.25, 0.3) is 5.91 Å². The van der Waals surface area contributed by atoms with Crippen LogP contribution in [-0.2, 0) is 0 Å². The first kappa shape index (κ1) is 18.5. The molecule has 0 saturated carbocycles. The lowest BCUT2D eigenvalue weighted by Crippen LogP contribution is -3.05. The van der Waals surface area contributed by atoms with E-state index in [-0.39, 0.29) is 11.7 Å². The van der Waals surface area contributed by atoms with E-state index in [1.807, 2.05) is 31.2 Å². The number of carbonyl (C=O) groups excluding carboxylic acids is 1. The number of fused-ring (bicyclic) bond motifs is 1. The van der Waals surface area contributed by atoms with E-state index in [9.17, 15) is 9.18 Å². The van der Waals surface area contributed by atoms with Gasteiger partial charge in [-0.1, -0.05) is 29.5 Å². The Bertz CT molecular complexity index is 922. The molecule has 0 atom stereocenters. The Morgan fingerprint density at radius 2 is 2.00 bits per heavy atom. The average Bonchev–Trinajstić information content (AvgIpc) is 3.01. The SMILES string of the molecule is Cc1ccccc1C(=O)N(CCC[NH+](C)C)c1nc2ccc(F)cc2s1. The van der Waals surface area contributed by atoms with Crippen molar-refractivity contribution < 1.29 is 14.1 Å². The van der Waals surface area contributed by atoms with Crippen molar-refractivity contribution in [1.29, 1.82) is 0 Å². The lowest BCUT2D eigenvalue weighted by Gasteiger charge is -2.21. The molecule has 1 N–H and O–H groups in total. The fourth-order valence-corrected chi connectivity index (χ4v) is 3.85. The van der Waals surface area contributed by atoms with Crippen molar-refractivity contribution in [3.05, 3.63) is 59.4 Å². The molecule has 136 valence electrons. The first-order chi connectivity index (χ1) is 12.5. The topological polar surface area (TPSA) is 37.6 Å². The molecule has 0 aliphatic carbocycles. The third-order valence-corrected chi connectivity index (χ3v) is 5.29. The molecule has 0 radical (unpaired) electrons. The molecule has 3 rings (SSSR count). The minimum absolute atomic E-state index is 0.0589. The van der Waals surface area contributed by atoms with Crippen molar-refractivity contribution >= 4 is 32.6 Å². The van der Waals surface area contributed by atoms with Gasteiger partial charge in [-0.25, -0.2) is 9.37 Å². The molecule has 0 aliphatic heterocycles. The van der Waals surface area contributed by atoms with Crippen LogP contribution in [0.15, 0.2) is 42.5 Å². The third kappa shape index (κ3) is 4.08. The van der Waals surface area contributed by atoms with Gasteiger partial charge < -0.3 is 4.90 Å². The van der Waals surface area contributed by atoms with Gasteiger partial charge in [-0.15, -0.1) is 0 Å². The first-order valence-electron chi connectivity index (χ1n) is 8.68. The second-order valence-corrected chi connectivity index (χ2v) is 7.70. The molecule has 1 aromatic heterocycles. The molecular formula is C20H23FN3OS+. The Kier molecular flexibility index (Phi) is 5.64. The second-order valence-electron chi connectivity index (χ2n) is 6.69. The number of halogens is 1. The van der Waals surface area contributed by atoms with Crippen LogP contribution in [0.3, 0.4) is 0 Å². The number of carbonyl (C=O) groups is 1. The molecule has 26 heavy (non-hydrogen) atoms. The molecule has 0 saturated heterocycles. The summed E-state index contributed by atoms with van der Waals surface area (Å²) in [5.74, 6) is -0.350. The summed E-state index contributed by atoms with van der Waals surface area (Å²) in [6, 6.07) is 12.1. The Morgan fingerprint density at radius 1 is 1.23 bits per heavy atom. The highest BCUT2D eigenvalue weighted by Gasteiger charge is 2.22. The maximum Gasteiger partial charge on any atom is 0.260 e. The second kappa shape index (κ2) is 7.93. The Hall–Kier alpha value is -2.31. The zero-order valence-corrected chi connectivity index (χ0v) is 16.1. The van der Waals surface area contributed by atoms with Crippen LogP contribution in [0.25, 0.3) is 10.2 Å². The van der Waals surface area contributed by atoms with E-state index in [1.54, 1.807) is 11.0 Å². The monoisotopic (exact) mass is 372 g/mol. The lowest BCUT2D eigenvalue weighted by atomic mass is 10.1. The van der Waals surface area contributed by atoms with Gasteiger partial charge in [-0.3, -0.25) is 9.69 Å². The number of anilines is 1. The zero-order valence-electron chi connectivity index (χ0n) is 15.3. The van der Waals surface area contributed by atoms with E-state index in [4.69, 9.17) is 0 Å². The Morgan fingerprint density at radius 3 is 2.73 bits per heavy atom. The van der Waals surface area contributed by atoms with Gasteiger partial charge in [0.2, 0.25) is 0 Å². The average molecular weight is 372 g/mol. The summed E-state index contributed by atoms with van der Waals surface area (Å²) in [5.41, 5.74) is 2.33. The van der Waals surface area contributed by atoms with E-state index in [0.717, 1.165) is 23.2 Å². The molecule has 0 fully saturated rings. The zero-order chi connectivity index (χ0) is 18.7. The van der Waals surface area contributed by atoms with Crippen molar-refractivity contribution in [2.45, 2.75) is 13.3 Å². The van der Waals surface area contributed by atoms with E-state index >= 15 is 0 Å². The van der Waals surface area contributed by atoms with Crippen LogP contribution in [0.5, 0.6) is 0 Å². The summed E-state index contributed by atoms with van der Waals surface area (Å²) in [7, 11) is 4.18. The maximum atomic E-state index is 13.5. The van der Waals surface area contributed by atoms with Gasteiger partial charge in [-0.2, -0.15) is 0 Å². The molecule has 4 nitrogen and oxygen atoms in total. The van der Waals surface area contributed by atoms with Gasteiger partial charge in [0, 0.05) is 18.5 Å². The van der Waals surface area contributed by atoms with Gasteiger partial charge in [0.1, 0.15) is 5.82 Å². The van der Waals surface area contributed by atoms with Crippen LogP contribution in [-0.4, -0.2) is 38.1 Å². The van der Waals surface area contributed by atoms with Gasteiger partial charge in [-0.05, 0) is 36.8 Å². The van der Waals surface area contributed by atoms with Gasteiger partial charge in [0.15, 0.2) is 5.13 Å². The van der Waals surface area contributed by atoms with Crippen molar-refractivity contribution in [2.75, 3.05) is 32.1 Å². The number of amides is 1. The summed E-state index contributed by atoms with van der Waals surface area (Å²) in [5, 5.41) is 0.618. The number of rotatable bonds is 6. The summed E-state index contributed by atoms with van der Waals surface area (Å²) in [4.78, 5) is 20.8. The standard InChI is InChI=1S/C20H22FN3OS/c1-14-7-4-5-8-16(14)19(25)24(12-6-11-23(2)3)20-22-17-10-9-15(21)13-18(17)26-20/h4-5,7-10,13H,6,11-12H2,1-3H3/p+1. The first-order valence-corrected chi connectivity index (χ1v) is 9.50. The smallest absolute Gasteiger partial charge is 0.260 e. The fourth-order valence-electron chi connectivity index (χ4n) is 2.83. The van der Waals surface area contributed by atoms with Crippen molar-refractivity contribution in [2.24, 2.45) is 0 Å². The Balaban J connectivity index is 1.96. The van der Waals surface area contributed by atoms with Gasteiger partial charge >= 0.3 is 0 Å². The normalized spacial score (nSPS) is 11.3. The highest BCUT2D eigenvalue weighted by atomic mass is 32.1. The van der Waals surface area contributed by atoms with Gasteiger partial charge in [0.05, 0.1) is 30.9 Å². The highest BCUT2D eigenvalue weighted by molar-refractivity contribution is 7.22. The van der Waals surface area contributed by atoms with Crippen LogP contribution >= 0.6 is 11.3 Å². The van der Waals surface area contributed by atoms with Crippen LogP contribution in [0.1, 0.15) is 22.3 Å². The van der Waals surface area contributed by atoms with E-state index in [0.29, 0.717) is 22.8 Å². The molecular weight excluding hydrogens is 349 g/mol. The molecule has 1 amide bonds. The van der Waals surface area contributed by atoms with E-state index in [1.165, 1.54) is 28.4 Å². The number of nitrogens with one attached hydrogen (secondary N) is 1. The van der Waals surface area contributed by atoms with Crippen LogP contribution < -0.4 is 9.80 Å². The van der Waals surface area contributed by atoms with Crippen molar-refractivity contribution in [3.8, 4) is 0 Å². The van der Waals surface area contributed by atoms with Crippen molar-refractivity contribution in [3.63, 3.8) is 0 Å². The molecule has 2 aromatic carbocycles. The minimum Gasteiger partial charge on any atom is -0.340 e. The number of aromatic nitrogens is 1. The summed E-state index contributed by atoms with van der Waals surface area (Å²) in [6.07, 6.45) is 0.865. The molecule has 0 spiro atoms. The number of benzene rings is 2. The molecule has 3 aromatic rings. The quantitative estimate of drug-likeness (QED) is 0.722. The highest BCUT2D eigenvalue weighted by Crippen LogP contribution is 2.30. The molecule has 1 heterocycles. The number of aryl methyl sites for hydroxylation is 1. The van der Waals surface area contributed by atoms with E-state index in [2.05, 4.69) is 19.1 Å². The van der Waals surface area contributed by atoms with Crippen LogP contribution in [0.4, 0.5) is 9.52 Å². The largest absolute Gasteiger partial charge is 0.340 e. The molecule has 0 aliphatic rings. The summed E-state index contributed by atoms with van der Waals surface area (Å²) >= 11 is 1.35. The number of quaternary nitrogens is 1. The summed E-state index contributed by atoms with van der Waals surface area (Å²) in [6.45, 7) is 3.47. The minimum atomic E-state index is -0.291. The predicted octanol–water partition coefficient (Wildman–Crippen LogP) is 2.93. The molecule has 0 bridgehead atoms. The number of hydrogen-bond acceptors (Lipinski definition) is 3. The Labute approximate surface area is 156 Å². The lowest BCUT2D eigenvalue weighted by molar-refractivity contribution is -0.858. The van der Waals surface area contributed by atoms with E-state index < -0.39 is 0 Å². The van der Waals surface area contributed by atoms with Crippen molar-refractivity contribution in [1.82, 2.24) is 4.98 Å². The molecule has 6 heteroatoms. The molecule has 0 unspecified atom stereocenters. The summed E-state index contributed by atoms with van der Waals surface area (Å²) < 4.78 is 14.3.